The summed E-state index contributed by atoms with van der Waals surface area (Å²) in [6.45, 7) is 7.71. The van der Waals surface area contributed by atoms with Crippen LogP contribution in [0.5, 0.6) is 0 Å². The first-order valence-electron chi connectivity index (χ1n) is 11.7. The number of aliphatic hydroxyl groups is 1. The van der Waals surface area contributed by atoms with E-state index in [1.807, 2.05) is 37.3 Å². The van der Waals surface area contributed by atoms with Crippen LogP contribution in [-0.4, -0.2) is 47.1 Å². The standard InChI is InChI=1S/C26H34O6/c1-16(2)26-14-20(30-22(29)15-27)25(4,32-26)19-12-10-17(3)23(19)24(26)31-21(28)13-11-18-8-6-5-7-9-18/h5-9,11,13,16-17,19-20,23-24,27H,10,12,14-15H2,1-4H3/b13-11+/t17-,19-,20-,23-,24+,25?,26-/m1/s1. The van der Waals surface area contributed by atoms with Crippen molar-refractivity contribution >= 4 is 18.0 Å². The molecule has 3 aliphatic rings. The molecule has 4 rings (SSSR count). The first-order chi connectivity index (χ1) is 15.2. The number of rotatable bonds is 6. The predicted molar refractivity (Wildman–Crippen MR) is 119 cm³/mol. The maximum atomic E-state index is 12.9. The van der Waals surface area contributed by atoms with E-state index in [-0.39, 0.29) is 23.7 Å². The Morgan fingerprint density at radius 2 is 1.94 bits per heavy atom. The van der Waals surface area contributed by atoms with Gasteiger partial charge in [-0.25, -0.2) is 9.59 Å². The Hall–Kier alpha value is -2.18. The Morgan fingerprint density at radius 1 is 1.22 bits per heavy atom. The zero-order chi connectivity index (χ0) is 23.1. The van der Waals surface area contributed by atoms with Crippen LogP contribution in [-0.2, 0) is 23.8 Å². The van der Waals surface area contributed by atoms with Crippen LogP contribution in [0, 0.1) is 23.7 Å². The molecule has 174 valence electrons. The summed E-state index contributed by atoms with van der Waals surface area (Å²) < 4.78 is 18.6. The summed E-state index contributed by atoms with van der Waals surface area (Å²) in [6.07, 6.45) is 4.72. The van der Waals surface area contributed by atoms with E-state index in [2.05, 4.69) is 20.8 Å². The van der Waals surface area contributed by atoms with Gasteiger partial charge in [0, 0.05) is 18.4 Å². The molecule has 0 radical (unpaired) electrons. The number of carbonyl (C=O) groups excluding carboxylic acids is 2. The molecule has 1 unspecified atom stereocenters. The van der Waals surface area contributed by atoms with Crippen molar-refractivity contribution in [3.8, 4) is 0 Å². The fourth-order valence-electron chi connectivity index (χ4n) is 6.33. The number of ether oxygens (including phenoxy) is 3. The average molecular weight is 443 g/mol. The first kappa shape index (κ1) is 23.0. The molecule has 1 N–H and O–H groups in total. The monoisotopic (exact) mass is 442 g/mol. The fourth-order valence-corrected chi connectivity index (χ4v) is 6.33. The molecule has 32 heavy (non-hydrogen) atoms. The van der Waals surface area contributed by atoms with Crippen LogP contribution in [0.25, 0.3) is 6.08 Å². The van der Waals surface area contributed by atoms with E-state index in [0.717, 1.165) is 18.4 Å². The number of hydrogen-bond acceptors (Lipinski definition) is 6. The van der Waals surface area contributed by atoms with Gasteiger partial charge in [-0.2, -0.15) is 0 Å². The summed E-state index contributed by atoms with van der Waals surface area (Å²) in [5.74, 6) is -0.385. The second-order valence-corrected chi connectivity index (χ2v) is 10.1. The minimum Gasteiger partial charge on any atom is -0.457 e. The van der Waals surface area contributed by atoms with Crippen LogP contribution in [0.2, 0.25) is 0 Å². The molecule has 2 aliphatic heterocycles. The van der Waals surface area contributed by atoms with Crippen molar-refractivity contribution in [2.45, 2.75) is 70.4 Å². The van der Waals surface area contributed by atoms with Gasteiger partial charge in [0.05, 0.1) is 0 Å². The summed E-state index contributed by atoms with van der Waals surface area (Å²) in [7, 11) is 0. The van der Waals surface area contributed by atoms with Gasteiger partial charge >= 0.3 is 11.9 Å². The zero-order valence-corrected chi connectivity index (χ0v) is 19.3. The lowest BCUT2D eigenvalue weighted by Gasteiger charge is -2.52. The van der Waals surface area contributed by atoms with Crippen LogP contribution in [0.1, 0.15) is 52.5 Å². The molecule has 1 aromatic rings. The predicted octanol–water partition coefficient (Wildman–Crippen LogP) is 3.77. The Labute approximate surface area is 189 Å². The number of esters is 2. The van der Waals surface area contributed by atoms with Crippen molar-refractivity contribution in [2.24, 2.45) is 23.7 Å². The Balaban J connectivity index is 1.65. The van der Waals surface area contributed by atoms with Gasteiger partial charge in [0.2, 0.25) is 0 Å². The van der Waals surface area contributed by atoms with Crippen LogP contribution in [0.3, 0.4) is 0 Å². The highest BCUT2D eigenvalue weighted by Gasteiger charge is 2.72. The second-order valence-electron chi connectivity index (χ2n) is 10.1. The van der Waals surface area contributed by atoms with E-state index < -0.39 is 36.0 Å². The molecule has 3 fully saturated rings. The SMILES string of the molecule is CC(C)[C@@]12C[C@@H](OC(=O)CO)C(C)(O1)[C@@H]1CC[C@@H](C)[C@H]1[C@@H]2OC(=O)/C=C/c1ccccc1. The van der Waals surface area contributed by atoms with E-state index in [1.165, 1.54) is 6.08 Å². The van der Waals surface area contributed by atoms with Crippen LogP contribution >= 0.6 is 0 Å². The number of hydrogen-bond donors (Lipinski definition) is 1. The van der Waals surface area contributed by atoms with Crippen molar-refractivity contribution in [1.29, 1.82) is 0 Å². The van der Waals surface area contributed by atoms with Crippen LogP contribution in [0.4, 0.5) is 0 Å². The average Bonchev–Trinajstić information content (AvgIpc) is 3.28. The van der Waals surface area contributed by atoms with Crippen LogP contribution in [0.15, 0.2) is 36.4 Å². The molecule has 2 saturated heterocycles. The summed E-state index contributed by atoms with van der Waals surface area (Å²) in [6, 6.07) is 9.64. The summed E-state index contributed by atoms with van der Waals surface area (Å²) in [5, 5.41) is 9.25. The number of carbonyl (C=O) groups is 2. The molecule has 0 spiro atoms. The molecular formula is C26H34O6. The van der Waals surface area contributed by atoms with Crippen molar-refractivity contribution in [1.82, 2.24) is 0 Å². The molecule has 0 aromatic heterocycles. The first-order valence-corrected chi connectivity index (χ1v) is 11.7. The molecule has 2 heterocycles. The zero-order valence-electron chi connectivity index (χ0n) is 19.3. The minimum absolute atomic E-state index is 0.0457. The summed E-state index contributed by atoms with van der Waals surface area (Å²) in [4.78, 5) is 24.9. The fraction of sp³-hybridized carbons (Fsp3) is 0.615. The third kappa shape index (κ3) is 3.77. The smallest absolute Gasteiger partial charge is 0.332 e. The van der Waals surface area contributed by atoms with E-state index in [4.69, 9.17) is 14.2 Å². The molecule has 1 aliphatic carbocycles. The van der Waals surface area contributed by atoms with Crippen molar-refractivity contribution in [3.05, 3.63) is 42.0 Å². The lowest BCUT2D eigenvalue weighted by Crippen LogP contribution is -2.62. The second kappa shape index (κ2) is 8.64. The van der Waals surface area contributed by atoms with E-state index in [9.17, 15) is 14.7 Å². The highest BCUT2D eigenvalue weighted by atomic mass is 16.6. The third-order valence-corrected chi connectivity index (χ3v) is 8.01. The molecule has 7 atom stereocenters. The highest BCUT2D eigenvalue weighted by molar-refractivity contribution is 5.87. The van der Waals surface area contributed by atoms with Gasteiger partial charge < -0.3 is 19.3 Å². The molecule has 6 nitrogen and oxygen atoms in total. The third-order valence-electron chi connectivity index (χ3n) is 8.01. The molecule has 2 bridgehead atoms. The molecule has 1 saturated carbocycles. The minimum atomic E-state index is -0.745. The molecule has 6 heteroatoms. The Morgan fingerprint density at radius 3 is 2.59 bits per heavy atom. The van der Waals surface area contributed by atoms with Gasteiger partial charge in [0.15, 0.2) is 0 Å². The number of benzene rings is 1. The van der Waals surface area contributed by atoms with Gasteiger partial charge in [-0.1, -0.05) is 51.1 Å². The van der Waals surface area contributed by atoms with E-state index >= 15 is 0 Å². The lowest BCUT2D eigenvalue weighted by atomic mass is 9.69. The Kier molecular flexibility index (Phi) is 6.21. The van der Waals surface area contributed by atoms with Gasteiger partial charge in [0.1, 0.15) is 30.0 Å². The van der Waals surface area contributed by atoms with Crippen molar-refractivity contribution in [3.63, 3.8) is 0 Å². The largest absolute Gasteiger partial charge is 0.457 e. The van der Waals surface area contributed by atoms with E-state index in [0.29, 0.717) is 12.3 Å². The quantitative estimate of drug-likeness (QED) is 0.534. The van der Waals surface area contributed by atoms with E-state index in [1.54, 1.807) is 6.08 Å². The van der Waals surface area contributed by atoms with Gasteiger partial charge in [-0.3, -0.25) is 0 Å². The Bertz CT molecular complexity index is 880. The topological polar surface area (TPSA) is 82.1 Å². The maximum absolute atomic E-state index is 12.9. The normalized spacial score (nSPS) is 38.1. The lowest BCUT2D eigenvalue weighted by molar-refractivity contribution is -0.264. The molecule has 1 aromatic carbocycles. The number of aliphatic hydroxyl groups excluding tert-OH is 1. The highest BCUT2D eigenvalue weighted by Crippen LogP contribution is 2.63. The molecule has 0 amide bonds. The number of fused-ring (bicyclic) bond motifs is 4. The molecular weight excluding hydrogens is 408 g/mol. The van der Waals surface area contributed by atoms with Gasteiger partial charge in [-0.15, -0.1) is 0 Å². The summed E-state index contributed by atoms with van der Waals surface area (Å²) >= 11 is 0. The summed E-state index contributed by atoms with van der Waals surface area (Å²) in [5.41, 5.74) is -0.474. The van der Waals surface area contributed by atoms with Crippen molar-refractivity contribution < 1.29 is 28.9 Å². The maximum Gasteiger partial charge on any atom is 0.332 e. The van der Waals surface area contributed by atoms with Crippen molar-refractivity contribution in [2.75, 3.05) is 6.61 Å². The van der Waals surface area contributed by atoms with Gasteiger partial charge in [-0.05, 0) is 49.2 Å². The van der Waals surface area contributed by atoms with Gasteiger partial charge in [0.25, 0.3) is 0 Å². The van der Waals surface area contributed by atoms with Crippen LogP contribution < -0.4 is 0 Å².